The third kappa shape index (κ3) is 2.78. The average Bonchev–Trinajstić information content (AvgIpc) is 2.80. The fraction of sp³-hybridized carbons (Fsp3) is 0.750. The summed E-state index contributed by atoms with van der Waals surface area (Å²) in [5, 5.41) is 19.5. The summed E-state index contributed by atoms with van der Waals surface area (Å²) in [6.07, 6.45) is 0.410. The summed E-state index contributed by atoms with van der Waals surface area (Å²) in [6.45, 7) is 0.161. The summed E-state index contributed by atoms with van der Waals surface area (Å²) in [5.74, 6) is -0.509. The van der Waals surface area contributed by atoms with Gasteiger partial charge in [-0.05, 0) is 16.8 Å². The van der Waals surface area contributed by atoms with Crippen LogP contribution >= 0.6 is 0 Å². The predicted molar refractivity (Wildman–Crippen MR) is 56.1 cm³/mol. The molecule has 0 aromatic carbocycles. The monoisotopic (exact) mass is 260 g/mol. The molecular weight excluding hydrogens is 248 g/mol. The van der Waals surface area contributed by atoms with Gasteiger partial charge in [-0.3, -0.25) is 4.79 Å². The minimum atomic E-state index is -2.99. The maximum atomic E-state index is 11.3. The highest BCUT2D eigenvalue weighted by molar-refractivity contribution is 7.91. The van der Waals surface area contributed by atoms with E-state index in [1.165, 1.54) is 4.68 Å². The standard InChI is InChI=1S/C8H12N4O4S/c13-7(14)1-3-12-8(9-10-11-12)6-2-4-17(15,16)5-6/h6H,1-5H2,(H,13,14). The van der Waals surface area contributed by atoms with Crippen molar-refractivity contribution in [3.8, 4) is 0 Å². The highest BCUT2D eigenvalue weighted by Crippen LogP contribution is 2.26. The number of hydrogen-bond acceptors (Lipinski definition) is 6. The molecule has 2 rings (SSSR count). The Morgan fingerprint density at radius 2 is 2.29 bits per heavy atom. The van der Waals surface area contributed by atoms with Crippen molar-refractivity contribution in [3.05, 3.63) is 5.82 Å². The van der Waals surface area contributed by atoms with Gasteiger partial charge in [0.15, 0.2) is 15.7 Å². The van der Waals surface area contributed by atoms with Crippen molar-refractivity contribution in [2.24, 2.45) is 0 Å². The topological polar surface area (TPSA) is 115 Å². The molecule has 17 heavy (non-hydrogen) atoms. The zero-order valence-corrected chi connectivity index (χ0v) is 9.80. The SMILES string of the molecule is O=C(O)CCn1nnnc1C1CCS(=O)(=O)C1. The summed E-state index contributed by atoms with van der Waals surface area (Å²) in [5.41, 5.74) is 0. The smallest absolute Gasteiger partial charge is 0.305 e. The Bertz CT molecular complexity index is 523. The maximum Gasteiger partial charge on any atom is 0.305 e. The van der Waals surface area contributed by atoms with E-state index in [4.69, 9.17) is 5.11 Å². The van der Waals surface area contributed by atoms with Crippen molar-refractivity contribution < 1.29 is 18.3 Å². The van der Waals surface area contributed by atoms with E-state index < -0.39 is 15.8 Å². The quantitative estimate of drug-likeness (QED) is 0.742. The molecule has 1 N–H and O–H groups in total. The number of aromatic nitrogens is 4. The third-order valence-corrected chi connectivity index (χ3v) is 4.46. The van der Waals surface area contributed by atoms with Crippen LogP contribution < -0.4 is 0 Å². The molecule has 1 aromatic heterocycles. The maximum absolute atomic E-state index is 11.3. The lowest BCUT2D eigenvalue weighted by atomic mass is 10.1. The van der Waals surface area contributed by atoms with Crippen LogP contribution in [-0.2, 0) is 21.2 Å². The number of hydrogen-bond donors (Lipinski definition) is 1. The van der Waals surface area contributed by atoms with Gasteiger partial charge >= 0.3 is 5.97 Å². The number of sulfone groups is 1. The van der Waals surface area contributed by atoms with Gasteiger partial charge < -0.3 is 5.11 Å². The van der Waals surface area contributed by atoms with Crippen molar-refractivity contribution in [3.63, 3.8) is 0 Å². The second kappa shape index (κ2) is 4.40. The molecule has 1 aliphatic heterocycles. The van der Waals surface area contributed by atoms with Crippen molar-refractivity contribution >= 4 is 15.8 Å². The van der Waals surface area contributed by atoms with Gasteiger partial charge in [-0.15, -0.1) is 5.10 Å². The van der Waals surface area contributed by atoms with Gasteiger partial charge in [0, 0.05) is 5.92 Å². The van der Waals surface area contributed by atoms with Crippen LogP contribution in [0.25, 0.3) is 0 Å². The van der Waals surface area contributed by atoms with Crippen LogP contribution in [0.1, 0.15) is 24.6 Å². The van der Waals surface area contributed by atoms with E-state index in [2.05, 4.69) is 15.5 Å². The Labute approximate surface area is 97.5 Å². The van der Waals surface area contributed by atoms with Crippen LogP contribution in [0.4, 0.5) is 0 Å². The minimum absolute atomic E-state index is 0.0421. The van der Waals surface area contributed by atoms with Crippen LogP contribution in [0.3, 0.4) is 0 Å². The van der Waals surface area contributed by atoms with E-state index in [1.54, 1.807) is 0 Å². The van der Waals surface area contributed by atoms with E-state index in [-0.39, 0.29) is 30.4 Å². The number of carboxylic acid groups (broad SMARTS) is 1. The normalized spacial score (nSPS) is 22.7. The molecule has 1 unspecified atom stereocenters. The zero-order chi connectivity index (χ0) is 12.5. The summed E-state index contributed by atoms with van der Waals surface area (Å²) < 4.78 is 24.1. The first-order valence-electron chi connectivity index (χ1n) is 5.16. The number of tetrazole rings is 1. The van der Waals surface area contributed by atoms with Gasteiger partial charge in [0.1, 0.15) is 0 Å². The molecular formula is C8H12N4O4S. The fourth-order valence-electron chi connectivity index (χ4n) is 1.86. The molecule has 94 valence electrons. The molecule has 0 saturated carbocycles. The molecule has 0 bridgehead atoms. The van der Waals surface area contributed by atoms with Gasteiger partial charge in [0.2, 0.25) is 0 Å². The van der Waals surface area contributed by atoms with E-state index in [9.17, 15) is 13.2 Å². The van der Waals surface area contributed by atoms with E-state index in [1.807, 2.05) is 0 Å². The lowest BCUT2D eigenvalue weighted by Crippen LogP contribution is -2.14. The second-order valence-electron chi connectivity index (χ2n) is 4.00. The van der Waals surface area contributed by atoms with E-state index in [0.717, 1.165) is 0 Å². The van der Waals surface area contributed by atoms with Crippen LogP contribution in [0, 0.1) is 0 Å². The fourth-order valence-corrected chi connectivity index (χ4v) is 3.60. The predicted octanol–water partition coefficient (Wildman–Crippen LogP) is -0.950. The second-order valence-corrected chi connectivity index (χ2v) is 6.23. The Kier molecular flexibility index (Phi) is 3.09. The van der Waals surface area contributed by atoms with Crippen LogP contribution in [0.5, 0.6) is 0 Å². The van der Waals surface area contributed by atoms with Crippen molar-refractivity contribution in [2.75, 3.05) is 11.5 Å². The highest BCUT2D eigenvalue weighted by Gasteiger charge is 2.32. The zero-order valence-electron chi connectivity index (χ0n) is 8.98. The molecule has 1 fully saturated rings. The largest absolute Gasteiger partial charge is 0.481 e. The van der Waals surface area contributed by atoms with Gasteiger partial charge in [-0.1, -0.05) is 0 Å². The number of nitrogens with zero attached hydrogens (tertiary/aromatic N) is 4. The molecule has 0 aliphatic carbocycles. The first kappa shape index (κ1) is 12.0. The van der Waals surface area contributed by atoms with Crippen LogP contribution in [-0.4, -0.2) is 51.2 Å². The highest BCUT2D eigenvalue weighted by atomic mass is 32.2. The Balaban J connectivity index is 2.12. The first-order valence-corrected chi connectivity index (χ1v) is 6.98. The minimum Gasteiger partial charge on any atom is -0.481 e. The molecule has 0 amide bonds. The van der Waals surface area contributed by atoms with Crippen molar-refractivity contribution in [1.29, 1.82) is 0 Å². The summed E-state index contributed by atoms with van der Waals surface area (Å²) >= 11 is 0. The van der Waals surface area contributed by atoms with Crippen LogP contribution in [0.2, 0.25) is 0 Å². The number of aliphatic carboxylic acids is 1. The Hall–Kier alpha value is -1.51. The molecule has 1 saturated heterocycles. The van der Waals surface area contributed by atoms with E-state index in [0.29, 0.717) is 12.2 Å². The van der Waals surface area contributed by atoms with Crippen LogP contribution in [0.15, 0.2) is 0 Å². The van der Waals surface area contributed by atoms with Gasteiger partial charge in [0.05, 0.1) is 24.5 Å². The molecule has 8 nitrogen and oxygen atoms in total. The number of rotatable bonds is 4. The van der Waals surface area contributed by atoms with Gasteiger partial charge in [-0.2, -0.15) is 0 Å². The molecule has 1 atom stereocenters. The lowest BCUT2D eigenvalue weighted by molar-refractivity contribution is -0.137. The van der Waals surface area contributed by atoms with Crippen molar-refractivity contribution in [2.45, 2.75) is 25.3 Å². The summed E-state index contributed by atoms with van der Waals surface area (Å²) in [6, 6.07) is 0. The summed E-state index contributed by atoms with van der Waals surface area (Å²) in [7, 11) is -2.99. The first-order chi connectivity index (χ1) is 7.98. The average molecular weight is 260 g/mol. The van der Waals surface area contributed by atoms with Crippen molar-refractivity contribution in [1.82, 2.24) is 20.2 Å². The number of carbonyl (C=O) groups is 1. The number of carboxylic acids is 1. The Morgan fingerprint density at radius 1 is 1.53 bits per heavy atom. The third-order valence-electron chi connectivity index (χ3n) is 2.69. The summed E-state index contributed by atoms with van der Waals surface area (Å²) in [4.78, 5) is 10.5. The number of aryl methyl sites for hydroxylation is 1. The molecule has 1 aromatic rings. The Morgan fingerprint density at radius 3 is 2.88 bits per heavy atom. The van der Waals surface area contributed by atoms with Gasteiger partial charge in [0.25, 0.3) is 0 Å². The van der Waals surface area contributed by atoms with E-state index >= 15 is 0 Å². The molecule has 9 heteroatoms. The molecule has 0 radical (unpaired) electrons. The molecule has 1 aliphatic rings. The lowest BCUT2D eigenvalue weighted by Gasteiger charge is -2.07. The molecule has 0 spiro atoms. The van der Waals surface area contributed by atoms with Gasteiger partial charge in [-0.25, -0.2) is 13.1 Å². The molecule has 2 heterocycles.